The maximum Gasteiger partial charge on any atom is 0.0721 e. The molecule has 0 aliphatic heterocycles. The van der Waals surface area contributed by atoms with Crippen LogP contribution < -0.4 is 0 Å². The van der Waals surface area contributed by atoms with Crippen LogP contribution in [0, 0.1) is 5.92 Å². The lowest BCUT2D eigenvalue weighted by Crippen LogP contribution is -1.99. The first kappa shape index (κ1) is 12.4. The lowest BCUT2D eigenvalue weighted by molar-refractivity contribution is 0.214. The minimum Gasteiger partial charge on any atom is -0.389 e. The van der Waals surface area contributed by atoms with Crippen LogP contribution in [0.3, 0.4) is 0 Å². The van der Waals surface area contributed by atoms with Crippen molar-refractivity contribution in [1.29, 1.82) is 0 Å². The van der Waals surface area contributed by atoms with Crippen molar-refractivity contribution in [3.05, 3.63) is 24.3 Å². The van der Waals surface area contributed by atoms with Crippen LogP contribution in [-0.4, -0.2) is 11.2 Å². The third-order valence-corrected chi connectivity index (χ3v) is 1.96. The van der Waals surface area contributed by atoms with E-state index in [9.17, 15) is 5.11 Å². The van der Waals surface area contributed by atoms with E-state index in [0.29, 0.717) is 0 Å². The van der Waals surface area contributed by atoms with Crippen molar-refractivity contribution in [1.82, 2.24) is 0 Å². The van der Waals surface area contributed by atoms with Crippen LogP contribution >= 0.6 is 0 Å². The van der Waals surface area contributed by atoms with Crippen LogP contribution in [0.1, 0.15) is 40.0 Å². The quantitative estimate of drug-likeness (QED) is 0.625. The minimum absolute atomic E-state index is 0.344. The average Bonchev–Trinajstić information content (AvgIpc) is 2.02. The van der Waals surface area contributed by atoms with E-state index in [1.54, 1.807) is 6.08 Å². The Morgan fingerprint density at radius 1 is 1.46 bits per heavy atom. The molecule has 0 spiro atoms. The number of aliphatic hydroxyl groups excluding tert-OH is 1. The second-order valence-corrected chi connectivity index (χ2v) is 4.03. The van der Waals surface area contributed by atoms with Gasteiger partial charge in [-0.05, 0) is 32.1 Å². The Morgan fingerprint density at radius 3 is 2.54 bits per heavy atom. The molecule has 1 heteroatoms. The molecule has 1 N–H and O–H groups in total. The van der Waals surface area contributed by atoms with Crippen molar-refractivity contribution in [2.45, 2.75) is 46.1 Å². The fourth-order valence-electron chi connectivity index (χ4n) is 1.35. The summed E-state index contributed by atoms with van der Waals surface area (Å²) in [4.78, 5) is 0. The molecule has 0 aromatic heterocycles. The average molecular weight is 182 g/mol. The summed E-state index contributed by atoms with van der Waals surface area (Å²) in [5.41, 5.74) is 1.42. The Bertz CT molecular complexity index is 168. The summed E-state index contributed by atoms with van der Waals surface area (Å²) in [6, 6.07) is 0. The van der Waals surface area contributed by atoms with Gasteiger partial charge in [-0.3, -0.25) is 0 Å². The van der Waals surface area contributed by atoms with E-state index in [2.05, 4.69) is 33.4 Å². The Labute approximate surface area is 82.2 Å². The van der Waals surface area contributed by atoms with Gasteiger partial charge in [-0.1, -0.05) is 31.6 Å². The fraction of sp³-hybridized carbons (Fsp3) is 0.667. The van der Waals surface area contributed by atoms with E-state index < -0.39 is 0 Å². The van der Waals surface area contributed by atoms with Gasteiger partial charge >= 0.3 is 0 Å². The van der Waals surface area contributed by atoms with E-state index >= 15 is 0 Å². The van der Waals surface area contributed by atoms with Crippen LogP contribution in [0.4, 0.5) is 0 Å². The summed E-state index contributed by atoms with van der Waals surface area (Å²) >= 11 is 0. The smallest absolute Gasteiger partial charge is 0.0721 e. The van der Waals surface area contributed by atoms with Gasteiger partial charge in [0.2, 0.25) is 0 Å². The summed E-state index contributed by atoms with van der Waals surface area (Å²) < 4.78 is 0. The van der Waals surface area contributed by atoms with Crippen molar-refractivity contribution in [3.8, 4) is 0 Å². The molecule has 1 nitrogen and oxygen atoms in total. The van der Waals surface area contributed by atoms with Crippen molar-refractivity contribution < 1.29 is 5.11 Å². The monoisotopic (exact) mass is 182 g/mol. The summed E-state index contributed by atoms with van der Waals surface area (Å²) in [5, 5.41) is 9.21. The maximum atomic E-state index is 9.21. The molecule has 0 fully saturated rings. The van der Waals surface area contributed by atoms with E-state index in [0.717, 1.165) is 25.2 Å². The second-order valence-electron chi connectivity index (χ2n) is 4.03. The zero-order valence-corrected chi connectivity index (χ0v) is 9.09. The van der Waals surface area contributed by atoms with Gasteiger partial charge in [-0.25, -0.2) is 0 Å². The van der Waals surface area contributed by atoms with Crippen LogP contribution in [0.15, 0.2) is 24.3 Å². The Hall–Kier alpha value is -0.560. The predicted octanol–water partition coefficient (Wildman–Crippen LogP) is 3.31. The molecule has 0 rings (SSSR count). The van der Waals surface area contributed by atoms with Gasteiger partial charge in [0, 0.05) is 0 Å². The Morgan fingerprint density at radius 2 is 2.08 bits per heavy atom. The molecule has 13 heavy (non-hydrogen) atoms. The molecule has 0 aromatic rings. The largest absolute Gasteiger partial charge is 0.389 e. The van der Waals surface area contributed by atoms with Gasteiger partial charge in [-0.15, -0.1) is 6.58 Å². The molecule has 0 radical (unpaired) electrons. The lowest BCUT2D eigenvalue weighted by Gasteiger charge is -2.05. The third-order valence-electron chi connectivity index (χ3n) is 1.96. The normalized spacial score (nSPS) is 14.7. The molecule has 1 unspecified atom stereocenters. The summed E-state index contributed by atoms with van der Waals surface area (Å²) in [6.45, 7) is 10.1. The Kier molecular flexibility index (Phi) is 6.61. The molecule has 0 amide bonds. The van der Waals surface area contributed by atoms with Gasteiger partial charge in [0.15, 0.2) is 0 Å². The van der Waals surface area contributed by atoms with Gasteiger partial charge in [0.1, 0.15) is 0 Å². The minimum atomic E-state index is -0.344. The highest BCUT2D eigenvalue weighted by molar-refractivity contribution is 4.99. The molecule has 1 atom stereocenters. The maximum absolute atomic E-state index is 9.21. The van der Waals surface area contributed by atoms with Crippen molar-refractivity contribution >= 4 is 0 Å². The van der Waals surface area contributed by atoms with Gasteiger partial charge in [-0.2, -0.15) is 0 Å². The first-order valence-electron chi connectivity index (χ1n) is 5.02. The SMILES string of the molecule is C=CC(O)CCC=C(C)CC(C)C. The highest BCUT2D eigenvalue weighted by Gasteiger charge is 1.97. The van der Waals surface area contributed by atoms with Crippen LogP contribution in [-0.2, 0) is 0 Å². The number of aliphatic hydroxyl groups is 1. The van der Waals surface area contributed by atoms with E-state index in [-0.39, 0.29) is 6.10 Å². The van der Waals surface area contributed by atoms with Gasteiger partial charge in [0.25, 0.3) is 0 Å². The molecular formula is C12H22O. The third kappa shape index (κ3) is 7.79. The fourth-order valence-corrected chi connectivity index (χ4v) is 1.35. The van der Waals surface area contributed by atoms with Gasteiger partial charge in [0.05, 0.1) is 6.10 Å². The molecule has 0 heterocycles. The number of rotatable bonds is 6. The van der Waals surface area contributed by atoms with Crippen molar-refractivity contribution in [2.75, 3.05) is 0 Å². The van der Waals surface area contributed by atoms with Crippen molar-refractivity contribution in [2.24, 2.45) is 5.92 Å². The Balaban J connectivity index is 3.64. The molecule has 0 saturated carbocycles. The summed E-state index contributed by atoms with van der Waals surface area (Å²) in [6.07, 6.45) is 6.36. The molecule has 76 valence electrons. The zero-order valence-electron chi connectivity index (χ0n) is 9.09. The topological polar surface area (TPSA) is 20.2 Å². The molecule has 0 bridgehead atoms. The van der Waals surface area contributed by atoms with Crippen LogP contribution in [0.2, 0.25) is 0 Å². The molecule has 0 aliphatic carbocycles. The van der Waals surface area contributed by atoms with Crippen molar-refractivity contribution in [3.63, 3.8) is 0 Å². The van der Waals surface area contributed by atoms with Crippen LogP contribution in [0.25, 0.3) is 0 Å². The number of hydrogen-bond acceptors (Lipinski definition) is 1. The molecule has 0 aliphatic rings. The molecule has 0 saturated heterocycles. The highest BCUT2D eigenvalue weighted by atomic mass is 16.3. The first-order valence-corrected chi connectivity index (χ1v) is 5.02. The second kappa shape index (κ2) is 6.90. The van der Waals surface area contributed by atoms with Crippen LogP contribution in [0.5, 0.6) is 0 Å². The first-order chi connectivity index (χ1) is 6.06. The van der Waals surface area contributed by atoms with E-state index in [1.807, 2.05) is 0 Å². The molecular weight excluding hydrogens is 160 g/mol. The molecule has 0 aromatic carbocycles. The zero-order chi connectivity index (χ0) is 10.3. The number of hydrogen-bond donors (Lipinski definition) is 1. The standard InChI is InChI=1S/C12H22O/c1-5-12(13)8-6-7-11(4)9-10(2)3/h5,7,10,12-13H,1,6,8-9H2,2-4H3. The number of allylic oxidation sites excluding steroid dienone is 2. The van der Waals surface area contributed by atoms with E-state index in [1.165, 1.54) is 5.57 Å². The van der Waals surface area contributed by atoms with E-state index in [4.69, 9.17) is 0 Å². The summed E-state index contributed by atoms with van der Waals surface area (Å²) in [7, 11) is 0. The predicted molar refractivity (Wildman–Crippen MR) is 58.6 cm³/mol. The lowest BCUT2D eigenvalue weighted by atomic mass is 10.0. The highest BCUT2D eigenvalue weighted by Crippen LogP contribution is 2.11. The van der Waals surface area contributed by atoms with Gasteiger partial charge < -0.3 is 5.11 Å². The summed E-state index contributed by atoms with van der Waals surface area (Å²) in [5.74, 6) is 0.723.